The minimum atomic E-state index is -4.49. The number of phosphoric acid groups is 1. The molecule has 0 fully saturated rings. The lowest BCUT2D eigenvalue weighted by Crippen LogP contribution is -2.47. The van der Waals surface area contributed by atoms with Gasteiger partial charge in [-0.2, -0.15) is 0 Å². The summed E-state index contributed by atoms with van der Waals surface area (Å²) in [4.78, 5) is 37.7. The van der Waals surface area contributed by atoms with E-state index < -0.39 is 20.0 Å². The maximum atomic E-state index is 13.5. The molecule has 10 heteroatoms. The molecule has 0 aliphatic heterocycles. The number of hydrogen-bond acceptors (Lipinski definition) is 6. The number of esters is 1. The molecule has 0 spiro atoms. The van der Waals surface area contributed by atoms with Crippen molar-refractivity contribution in [2.45, 2.75) is 226 Å². The zero-order chi connectivity index (χ0) is 56.4. The fourth-order valence-electron chi connectivity index (χ4n) is 7.69. The van der Waals surface area contributed by atoms with Gasteiger partial charge in [0.2, 0.25) is 5.91 Å². The maximum Gasteiger partial charge on any atom is 0.472 e. The highest BCUT2D eigenvalue weighted by Crippen LogP contribution is 2.43. The van der Waals surface area contributed by atoms with Crippen molar-refractivity contribution >= 4 is 19.7 Å². The van der Waals surface area contributed by atoms with Crippen LogP contribution in [0, 0.1) is 0 Å². The minimum Gasteiger partial charge on any atom is -0.456 e. The normalized spacial score (nSPS) is 14.7. The van der Waals surface area contributed by atoms with Crippen molar-refractivity contribution in [3.63, 3.8) is 0 Å². The zero-order valence-corrected chi connectivity index (χ0v) is 50.5. The van der Waals surface area contributed by atoms with Gasteiger partial charge < -0.3 is 19.4 Å². The Labute approximate surface area is 472 Å². The Kier molecular flexibility index (Phi) is 52.3. The minimum absolute atomic E-state index is 0.0125. The Morgan fingerprint density at radius 1 is 0.468 bits per heavy atom. The lowest BCUT2D eigenvalue weighted by molar-refractivity contribution is -0.870. The molecule has 3 atom stereocenters. The number of carbonyl (C=O) groups is 2. The topological polar surface area (TPSA) is 111 Å². The van der Waals surface area contributed by atoms with Crippen molar-refractivity contribution in [2.24, 2.45) is 0 Å². The summed E-state index contributed by atoms with van der Waals surface area (Å²) in [5.74, 6) is -0.653. The third kappa shape index (κ3) is 56.4. The van der Waals surface area contributed by atoms with E-state index in [0.29, 0.717) is 23.9 Å². The van der Waals surface area contributed by atoms with Gasteiger partial charge in [0.05, 0.1) is 33.8 Å². The highest BCUT2D eigenvalue weighted by molar-refractivity contribution is 7.47. The first kappa shape index (κ1) is 72.9. The molecule has 0 aromatic heterocycles. The van der Waals surface area contributed by atoms with Crippen molar-refractivity contribution in [3.8, 4) is 0 Å². The molecule has 2 N–H and O–H groups in total. The fraction of sp³-hybridized carbons (Fsp3) is 0.612. The predicted octanol–water partition coefficient (Wildman–Crippen LogP) is 18.7. The van der Waals surface area contributed by atoms with Crippen LogP contribution in [-0.2, 0) is 27.9 Å². The van der Waals surface area contributed by atoms with Crippen LogP contribution in [0.15, 0.2) is 146 Å². The summed E-state index contributed by atoms with van der Waals surface area (Å²) < 4.78 is 30.6. The van der Waals surface area contributed by atoms with Gasteiger partial charge in [-0.1, -0.05) is 231 Å². The first-order valence-electron chi connectivity index (χ1n) is 30.2. The van der Waals surface area contributed by atoms with Crippen LogP contribution in [0.3, 0.4) is 0 Å². The quantitative estimate of drug-likeness (QED) is 0.0205. The lowest BCUT2D eigenvalue weighted by atomic mass is 10.0. The molecule has 1 amide bonds. The first-order chi connectivity index (χ1) is 37.4. The number of likely N-dealkylation sites (N-methyl/N-ethyl adjacent to an activating group) is 1. The predicted molar refractivity (Wildman–Crippen MR) is 332 cm³/mol. The van der Waals surface area contributed by atoms with Gasteiger partial charge in [-0.25, -0.2) is 4.57 Å². The van der Waals surface area contributed by atoms with Gasteiger partial charge in [-0.3, -0.25) is 18.6 Å². The van der Waals surface area contributed by atoms with Crippen LogP contribution in [0.4, 0.5) is 0 Å². The molecule has 0 saturated carbocycles. The number of nitrogens with one attached hydrogen (secondary N) is 1. The molecule has 9 nitrogen and oxygen atoms in total. The molecule has 0 aromatic carbocycles. The van der Waals surface area contributed by atoms with E-state index in [2.05, 4.69) is 148 Å². The average Bonchev–Trinajstić information content (AvgIpc) is 3.39. The smallest absolute Gasteiger partial charge is 0.456 e. The van der Waals surface area contributed by atoms with E-state index >= 15 is 0 Å². The summed E-state index contributed by atoms with van der Waals surface area (Å²) in [6, 6.07) is -0.914. The van der Waals surface area contributed by atoms with Crippen molar-refractivity contribution in [3.05, 3.63) is 146 Å². The van der Waals surface area contributed by atoms with Gasteiger partial charge in [-0.15, -0.1) is 0 Å². The molecule has 0 aromatic rings. The van der Waals surface area contributed by atoms with E-state index in [1.54, 1.807) is 0 Å². The summed E-state index contributed by atoms with van der Waals surface area (Å²) in [6.07, 6.45) is 80.1. The summed E-state index contributed by atoms with van der Waals surface area (Å²) in [5, 5.41) is 2.99. The Balaban J connectivity index is 5.52. The van der Waals surface area contributed by atoms with Gasteiger partial charge >= 0.3 is 13.8 Å². The van der Waals surface area contributed by atoms with Gasteiger partial charge in [0, 0.05) is 12.8 Å². The number of ether oxygens (including phenoxy) is 1. The molecule has 0 heterocycles. The molecular weight excluding hydrogens is 976 g/mol. The lowest BCUT2D eigenvalue weighted by Gasteiger charge is -2.27. The maximum absolute atomic E-state index is 13.5. The number of carbonyl (C=O) groups excluding carboxylic acids is 2. The molecule has 0 bridgehead atoms. The third-order valence-corrected chi connectivity index (χ3v) is 13.3. The van der Waals surface area contributed by atoms with Gasteiger partial charge in [0.1, 0.15) is 19.3 Å². The van der Waals surface area contributed by atoms with E-state index in [1.165, 1.54) is 57.8 Å². The largest absolute Gasteiger partial charge is 0.472 e. The fourth-order valence-corrected chi connectivity index (χ4v) is 8.43. The van der Waals surface area contributed by atoms with Gasteiger partial charge in [-0.05, 0) is 115 Å². The standard InChI is InChI=1S/C67H111N2O7P/c1-7-10-13-16-19-22-25-28-30-32-34-36-38-41-44-47-50-53-56-59-66(70)68-64(63-75-77(72,73)74-62-61-69(4,5)6)65(58-55-52-49-46-43-40-27-24-21-18-15-12-9-3)76-67(71)60-57-54-51-48-45-42-39-37-35-33-31-29-26-23-20-17-14-11-8-2/h10-11,13-14,19-20,22-23,28-31,34-37,41-42,44-45,50,53,55,58,64-65H,7-9,12,15-18,21,24-27,32-33,38-40,43,46-49,51-52,54,56-57,59-63H2,1-6H3,(H-,68,70,72,73)/p+1/b13-10-,14-11-,22-19-,23-20-,30-28-,31-29-,36-34-,37-35-,44-41-,45-42-,53-50-,58-55+. The molecule has 0 radical (unpaired) electrons. The van der Waals surface area contributed by atoms with Crippen LogP contribution in [-0.4, -0.2) is 74.3 Å². The van der Waals surface area contributed by atoms with E-state index in [0.717, 1.165) is 109 Å². The van der Waals surface area contributed by atoms with Crippen LogP contribution in [0.2, 0.25) is 0 Å². The molecule has 77 heavy (non-hydrogen) atoms. The number of amides is 1. The van der Waals surface area contributed by atoms with Crippen LogP contribution in [0.25, 0.3) is 0 Å². The highest BCUT2D eigenvalue weighted by atomic mass is 31.2. The number of allylic oxidation sites excluding steroid dienone is 23. The highest BCUT2D eigenvalue weighted by Gasteiger charge is 2.30. The van der Waals surface area contributed by atoms with Crippen LogP contribution >= 0.6 is 7.82 Å². The molecule has 0 saturated heterocycles. The molecular formula is C67H112N2O7P+. The van der Waals surface area contributed by atoms with Crippen LogP contribution in [0.1, 0.15) is 213 Å². The molecule has 0 aliphatic rings. The van der Waals surface area contributed by atoms with E-state index in [-0.39, 0.29) is 37.9 Å². The average molecular weight is 1090 g/mol. The number of quaternary nitrogens is 1. The molecule has 436 valence electrons. The number of nitrogens with zero attached hydrogens (tertiary/aromatic N) is 1. The number of phosphoric ester groups is 1. The second-order valence-corrected chi connectivity index (χ2v) is 22.2. The SMILES string of the molecule is CC/C=C\C/C=C\C/C=C\C/C=C\C/C=C\C/C=C\CCC(=O)NC(COP(=O)(O)OCC[N+](C)(C)C)C(/C=C/CCCCCCCCCCCCC)OC(=O)CCCCC/C=C\C/C=C\C/C=C\C/C=C\C/C=C\CC. The second kappa shape index (κ2) is 55.2. The third-order valence-electron chi connectivity index (χ3n) is 12.3. The summed E-state index contributed by atoms with van der Waals surface area (Å²) in [7, 11) is 1.41. The summed E-state index contributed by atoms with van der Waals surface area (Å²) in [5.41, 5.74) is 0. The Morgan fingerprint density at radius 3 is 1.27 bits per heavy atom. The zero-order valence-electron chi connectivity index (χ0n) is 49.6. The van der Waals surface area contributed by atoms with E-state index in [1.807, 2.05) is 45.4 Å². The molecule has 0 rings (SSSR count). The Bertz CT molecular complexity index is 1830. The molecule has 3 unspecified atom stereocenters. The van der Waals surface area contributed by atoms with E-state index in [9.17, 15) is 19.0 Å². The Morgan fingerprint density at radius 2 is 0.844 bits per heavy atom. The van der Waals surface area contributed by atoms with Crippen molar-refractivity contribution in [1.82, 2.24) is 5.32 Å². The Hall–Kier alpha value is -4.11. The van der Waals surface area contributed by atoms with Crippen molar-refractivity contribution in [1.29, 1.82) is 0 Å². The van der Waals surface area contributed by atoms with Gasteiger partial charge in [0.15, 0.2) is 0 Å². The van der Waals surface area contributed by atoms with Crippen molar-refractivity contribution < 1.29 is 37.3 Å². The van der Waals surface area contributed by atoms with E-state index in [4.69, 9.17) is 13.8 Å². The van der Waals surface area contributed by atoms with Crippen molar-refractivity contribution in [2.75, 3.05) is 40.9 Å². The van der Waals surface area contributed by atoms with Crippen LogP contribution in [0.5, 0.6) is 0 Å². The first-order valence-corrected chi connectivity index (χ1v) is 31.7. The number of unbranched alkanes of at least 4 members (excludes halogenated alkanes) is 14. The monoisotopic (exact) mass is 1090 g/mol. The summed E-state index contributed by atoms with van der Waals surface area (Å²) in [6.45, 7) is 6.68. The number of hydrogen-bond donors (Lipinski definition) is 2. The molecule has 0 aliphatic carbocycles. The number of rotatable bonds is 52. The van der Waals surface area contributed by atoms with Gasteiger partial charge in [0.25, 0.3) is 0 Å². The summed E-state index contributed by atoms with van der Waals surface area (Å²) >= 11 is 0. The second-order valence-electron chi connectivity index (χ2n) is 20.8. The van der Waals surface area contributed by atoms with Crippen LogP contribution < -0.4 is 5.32 Å².